The van der Waals surface area contributed by atoms with E-state index >= 15 is 0 Å². The molecule has 0 radical (unpaired) electrons. The molecule has 2 nitrogen and oxygen atoms in total. The van der Waals surface area contributed by atoms with Crippen LogP contribution in [0.1, 0.15) is 11.1 Å². The van der Waals surface area contributed by atoms with E-state index in [-0.39, 0.29) is 16.9 Å². The Bertz CT molecular complexity index is 319. The maximum absolute atomic E-state index is 12.3. The van der Waals surface area contributed by atoms with Crippen molar-refractivity contribution < 1.29 is 18.3 Å². The van der Waals surface area contributed by atoms with Gasteiger partial charge in [-0.05, 0) is 23.3 Å². The highest BCUT2D eigenvalue weighted by atomic mass is 35.5. The van der Waals surface area contributed by atoms with Gasteiger partial charge in [0.1, 0.15) is 19.1 Å². The molecule has 5 heteroatoms. The smallest absolute Gasteiger partial charge is 0.409 e. The molecule has 0 bridgehead atoms. The van der Waals surface area contributed by atoms with E-state index in [1.165, 1.54) is 18.2 Å². The zero-order valence-electron chi connectivity index (χ0n) is 7.10. The van der Waals surface area contributed by atoms with Crippen LogP contribution in [0.25, 0.3) is 0 Å². The van der Waals surface area contributed by atoms with Crippen LogP contribution < -0.4 is 4.74 Å². The Morgan fingerprint density at radius 3 is 2.07 bits per heavy atom. The summed E-state index contributed by atoms with van der Waals surface area (Å²) in [6, 6.07) is 3.93. The molecule has 0 saturated carbocycles. The van der Waals surface area contributed by atoms with E-state index < -0.39 is 18.8 Å². The third kappa shape index (κ3) is 2.96. The van der Waals surface area contributed by atoms with Crippen LogP contribution in [0.3, 0.4) is 0 Å². The molecular formula is C9H7ClF2O2. The van der Waals surface area contributed by atoms with Gasteiger partial charge in [0.05, 0.1) is 0 Å². The lowest BCUT2D eigenvalue weighted by molar-refractivity contribution is 0.225. The Balaban J connectivity index is 2.98. The van der Waals surface area contributed by atoms with Gasteiger partial charge in [-0.1, -0.05) is 6.07 Å². The minimum atomic E-state index is -1.04. The number of alkyl halides is 2. The lowest BCUT2D eigenvalue weighted by atomic mass is 10.1. The highest BCUT2D eigenvalue weighted by Gasteiger charge is 2.04. The van der Waals surface area contributed by atoms with Crippen molar-refractivity contribution in [3.8, 4) is 5.75 Å². The molecule has 76 valence electrons. The number of hydrogen-bond donors (Lipinski definition) is 0. The van der Waals surface area contributed by atoms with E-state index in [1.807, 2.05) is 0 Å². The number of ether oxygens (including phenoxy) is 1. The van der Waals surface area contributed by atoms with Crippen LogP contribution in [-0.2, 0) is 13.3 Å². The second kappa shape index (κ2) is 4.91. The molecule has 1 rings (SSSR count). The van der Waals surface area contributed by atoms with E-state index in [9.17, 15) is 13.6 Å². The van der Waals surface area contributed by atoms with Crippen molar-refractivity contribution in [3.05, 3.63) is 29.3 Å². The fourth-order valence-corrected chi connectivity index (χ4v) is 1.12. The SMILES string of the molecule is O=C(Cl)Oc1cc(CF)cc(CF)c1. The van der Waals surface area contributed by atoms with E-state index in [2.05, 4.69) is 4.74 Å². The van der Waals surface area contributed by atoms with Crippen molar-refractivity contribution in [2.24, 2.45) is 0 Å². The first-order valence-corrected chi connectivity index (χ1v) is 4.15. The molecule has 0 spiro atoms. The van der Waals surface area contributed by atoms with Crippen molar-refractivity contribution in [3.63, 3.8) is 0 Å². The van der Waals surface area contributed by atoms with Crippen LogP contribution in [0, 0.1) is 0 Å². The average Bonchev–Trinajstić information content (AvgIpc) is 2.16. The molecule has 0 atom stereocenters. The molecule has 0 aliphatic heterocycles. The van der Waals surface area contributed by atoms with Crippen LogP contribution in [0.4, 0.5) is 13.6 Å². The minimum absolute atomic E-state index is 0.0489. The van der Waals surface area contributed by atoms with E-state index in [4.69, 9.17) is 11.6 Å². The summed E-state index contributed by atoms with van der Waals surface area (Å²) >= 11 is 4.95. The zero-order chi connectivity index (χ0) is 10.6. The standard InChI is InChI=1S/C9H7ClF2O2/c10-9(13)14-8-2-6(4-11)1-7(3-8)5-12/h1-3H,4-5H2. The molecule has 14 heavy (non-hydrogen) atoms. The topological polar surface area (TPSA) is 26.3 Å². The summed E-state index contributed by atoms with van der Waals surface area (Å²) in [4.78, 5) is 10.4. The van der Waals surface area contributed by atoms with Gasteiger partial charge in [-0.15, -0.1) is 0 Å². The van der Waals surface area contributed by atoms with Crippen LogP contribution in [-0.4, -0.2) is 5.43 Å². The second-order valence-corrected chi connectivity index (χ2v) is 2.90. The summed E-state index contributed by atoms with van der Waals surface area (Å²) in [5, 5.41) is 0. The van der Waals surface area contributed by atoms with Crippen molar-refractivity contribution in [1.29, 1.82) is 0 Å². The van der Waals surface area contributed by atoms with Gasteiger partial charge in [0.15, 0.2) is 0 Å². The third-order valence-electron chi connectivity index (χ3n) is 1.53. The van der Waals surface area contributed by atoms with Crippen molar-refractivity contribution in [2.75, 3.05) is 0 Å². The first-order valence-electron chi connectivity index (χ1n) is 3.78. The lowest BCUT2D eigenvalue weighted by Crippen LogP contribution is -1.97. The van der Waals surface area contributed by atoms with E-state index in [0.717, 1.165) is 0 Å². The van der Waals surface area contributed by atoms with Gasteiger partial charge in [-0.2, -0.15) is 0 Å². The fourth-order valence-electron chi connectivity index (χ4n) is 1.03. The normalized spacial score (nSPS) is 9.93. The molecule has 0 amide bonds. The first kappa shape index (κ1) is 10.9. The highest BCUT2D eigenvalue weighted by molar-refractivity contribution is 6.61. The van der Waals surface area contributed by atoms with Gasteiger partial charge in [0.2, 0.25) is 0 Å². The third-order valence-corrected chi connectivity index (χ3v) is 1.61. The van der Waals surface area contributed by atoms with Gasteiger partial charge in [-0.3, -0.25) is 0 Å². The molecule has 0 aliphatic carbocycles. The zero-order valence-corrected chi connectivity index (χ0v) is 7.85. The van der Waals surface area contributed by atoms with Crippen molar-refractivity contribution >= 4 is 17.0 Å². The molecule has 1 aromatic rings. The summed E-state index contributed by atoms with van der Waals surface area (Å²) < 4.78 is 29.0. The number of hydrogen-bond acceptors (Lipinski definition) is 2. The fraction of sp³-hybridized carbons (Fsp3) is 0.222. The Hall–Kier alpha value is -1.16. The Kier molecular flexibility index (Phi) is 3.83. The van der Waals surface area contributed by atoms with Crippen LogP contribution in [0.15, 0.2) is 18.2 Å². The maximum atomic E-state index is 12.3. The van der Waals surface area contributed by atoms with Crippen molar-refractivity contribution in [2.45, 2.75) is 13.3 Å². The number of halogens is 3. The molecular weight excluding hydrogens is 214 g/mol. The average molecular weight is 221 g/mol. The molecule has 0 unspecified atom stereocenters. The van der Waals surface area contributed by atoms with Gasteiger partial charge >= 0.3 is 5.43 Å². The second-order valence-electron chi connectivity index (χ2n) is 2.59. The molecule has 1 aromatic carbocycles. The quantitative estimate of drug-likeness (QED) is 0.730. The molecule has 0 aliphatic rings. The largest absolute Gasteiger partial charge is 0.414 e. The predicted octanol–water partition coefficient (Wildman–Crippen LogP) is 3.36. The number of rotatable bonds is 3. The molecule has 0 heterocycles. The monoisotopic (exact) mass is 220 g/mol. The Morgan fingerprint density at radius 1 is 1.21 bits per heavy atom. The molecule has 0 N–H and O–H groups in total. The highest BCUT2D eigenvalue weighted by Crippen LogP contribution is 2.19. The van der Waals surface area contributed by atoms with Crippen LogP contribution in [0.2, 0.25) is 0 Å². The lowest BCUT2D eigenvalue weighted by Gasteiger charge is -2.04. The van der Waals surface area contributed by atoms with Gasteiger partial charge in [0.25, 0.3) is 0 Å². The minimum Gasteiger partial charge on any atom is -0.414 e. The molecule has 0 saturated heterocycles. The van der Waals surface area contributed by atoms with E-state index in [0.29, 0.717) is 0 Å². The van der Waals surface area contributed by atoms with Crippen molar-refractivity contribution in [1.82, 2.24) is 0 Å². The summed E-state index contributed by atoms with van der Waals surface area (Å²) in [6.07, 6.45) is 0. The van der Waals surface area contributed by atoms with Crippen LogP contribution in [0.5, 0.6) is 5.75 Å². The summed E-state index contributed by atoms with van der Waals surface area (Å²) in [6.45, 7) is -1.50. The Labute approximate surface area is 84.4 Å². The molecule has 0 fully saturated rings. The summed E-state index contributed by atoms with van der Waals surface area (Å²) in [7, 11) is 0. The van der Waals surface area contributed by atoms with Gasteiger partial charge < -0.3 is 4.74 Å². The predicted molar refractivity (Wildman–Crippen MR) is 47.9 cm³/mol. The Morgan fingerprint density at radius 2 is 1.71 bits per heavy atom. The number of carbonyl (C=O) groups is 1. The first-order chi connectivity index (χ1) is 6.65. The van der Waals surface area contributed by atoms with Gasteiger partial charge in [-0.25, -0.2) is 13.6 Å². The summed E-state index contributed by atoms with van der Waals surface area (Å²) in [5.41, 5.74) is -0.549. The van der Waals surface area contributed by atoms with Gasteiger partial charge in [0, 0.05) is 11.6 Å². The maximum Gasteiger partial charge on any atom is 0.409 e. The number of carbonyl (C=O) groups excluding carboxylic acids is 1. The van der Waals surface area contributed by atoms with Crippen LogP contribution >= 0.6 is 11.6 Å². The number of benzene rings is 1. The van der Waals surface area contributed by atoms with E-state index in [1.54, 1.807) is 0 Å². The summed E-state index contributed by atoms with van der Waals surface area (Å²) in [5.74, 6) is 0.0489. The molecule has 0 aromatic heterocycles.